The molecule has 0 saturated heterocycles. The van der Waals surface area contributed by atoms with Gasteiger partial charge in [0.25, 0.3) is 0 Å². The van der Waals surface area contributed by atoms with Gasteiger partial charge in [0, 0.05) is 33.0 Å². The third-order valence-electron chi connectivity index (χ3n) is 16.1. The third kappa shape index (κ3) is 8.86. The van der Waals surface area contributed by atoms with Crippen LogP contribution in [0.4, 0.5) is 0 Å². The maximum atomic E-state index is 5.33. The van der Waals surface area contributed by atoms with Crippen LogP contribution in [0, 0.1) is 41.5 Å². The normalized spacial score (nSPS) is 11.6. The first-order valence-electron chi connectivity index (χ1n) is 27.7. The summed E-state index contributed by atoms with van der Waals surface area (Å²) in [7, 11) is -2.93. The summed E-state index contributed by atoms with van der Waals surface area (Å²) in [6.45, 7) is 13.4. The van der Waals surface area contributed by atoms with Gasteiger partial charge in [0.1, 0.15) is 0 Å². The Morgan fingerprint density at radius 3 is 1.07 bits per heavy atom. The quantitative estimate of drug-likeness (QED) is 0.0958. The molecule has 0 saturated carbocycles. The largest absolute Gasteiger partial charge is 0.309 e. The molecule has 13 aromatic rings. The zero-order valence-corrected chi connectivity index (χ0v) is 47.0. The maximum absolute atomic E-state index is 5.33. The van der Waals surface area contributed by atoms with Gasteiger partial charge in [-0.25, -0.2) is 15.0 Å². The summed E-state index contributed by atoms with van der Waals surface area (Å²) in [4.78, 5) is 15.8. The summed E-state index contributed by atoms with van der Waals surface area (Å²) in [5.41, 5.74) is 20.7. The molecule has 13 rings (SSSR count). The number of hydrogen-bond acceptors (Lipinski definition) is 3. The van der Waals surface area contributed by atoms with Gasteiger partial charge >= 0.3 is 0 Å². The molecule has 2 heterocycles. The zero-order valence-electron chi connectivity index (χ0n) is 46.0. The van der Waals surface area contributed by atoms with Crippen LogP contribution in [-0.4, -0.2) is 27.6 Å². The molecule has 384 valence electrons. The van der Waals surface area contributed by atoms with Gasteiger partial charge in [0.05, 0.1) is 16.7 Å². The van der Waals surface area contributed by atoms with E-state index in [1.54, 1.807) is 0 Å². The minimum Gasteiger partial charge on any atom is -0.309 e. The van der Waals surface area contributed by atoms with Crippen LogP contribution in [0.1, 0.15) is 33.4 Å². The van der Waals surface area contributed by atoms with Crippen molar-refractivity contribution < 1.29 is 0 Å². The molecule has 0 amide bonds. The SMILES string of the molecule is Cc1cc(C)c(-c2ccc3c4ccc(-c5c(C)cc(C)cc5C)cc4n(-c4cc(-c5nc(-c6ccccc6)nc(-c6ccccc6)n5)ccc4-c4cccc([Si](c5ccccc5)(c5ccccc5)c5ccccc5)c4)c3c2)c(C)c1. The van der Waals surface area contributed by atoms with Crippen LogP contribution in [-0.2, 0) is 0 Å². The van der Waals surface area contributed by atoms with E-state index >= 15 is 0 Å². The standard InChI is InChI=1S/C75H60N4Si/c1-49-41-51(3)71(52(4)42-49)58-35-39-66-67-40-36-59(72-53(5)43-50(2)44-54(72)6)47-70(67)79(69(66)46-58)68-48-60(75-77-73(55-23-12-7-13-24-55)76-74(78-75)56-25-14-8-15-26-56)37-38-65(68)57-27-22-34-64(45-57)80(61-28-16-9-17-29-61,62-30-18-10-19-31-62)63-32-20-11-21-33-63/h7-48H,1-6H3. The van der Waals surface area contributed by atoms with E-state index in [1.165, 1.54) is 87.2 Å². The number of benzene rings is 11. The molecule has 0 aliphatic rings. The zero-order chi connectivity index (χ0) is 54.5. The number of rotatable bonds is 11. The van der Waals surface area contributed by atoms with E-state index in [-0.39, 0.29) is 0 Å². The van der Waals surface area contributed by atoms with E-state index in [9.17, 15) is 0 Å². The molecule has 0 radical (unpaired) electrons. The Hall–Kier alpha value is -9.55. The fraction of sp³-hybridized carbons (Fsp3) is 0.0800. The Labute approximate surface area is 470 Å². The molecule has 0 aliphatic carbocycles. The van der Waals surface area contributed by atoms with E-state index in [2.05, 4.69) is 264 Å². The van der Waals surface area contributed by atoms with Crippen molar-refractivity contribution in [3.05, 3.63) is 288 Å². The Balaban J connectivity index is 1.14. The van der Waals surface area contributed by atoms with Crippen molar-refractivity contribution in [1.29, 1.82) is 0 Å². The predicted molar refractivity (Wildman–Crippen MR) is 339 cm³/mol. The number of aryl methyl sites for hydroxylation is 6. The van der Waals surface area contributed by atoms with Gasteiger partial charge in [-0.1, -0.05) is 248 Å². The van der Waals surface area contributed by atoms with Gasteiger partial charge < -0.3 is 4.57 Å². The van der Waals surface area contributed by atoms with E-state index < -0.39 is 8.07 Å². The van der Waals surface area contributed by atoms with Crippen molar-refractivity contribution in [2.45, 2.75) is 41.5 Å². The minimum absolute atomic E-state index is 0.599. The van der Waals surface area contributed by atoms with Gasteiger partial charge in [0.15, 0.2) is 25.5 Å². The Kier molecular flexibility index (Phi) is 12.9. The lowest BCUT2D eigenvalue weighted by Crippen LogP contribution is -2.74. The smallest absolute Gasteiger partial charge is 0.179 e. The van der Waals surface area contributed by atoms with Crippen molar-refractivity contribution in [3.63, 3.8) is 0 Å². The van der Waals surface area contributed by atoms with E-state index in [4.69, 9.17) is 15.0 Å². The summed E-state index contributed by atoms with van der Waals surface area (Å²) in [6.07, 6.45) is 0. The molecule has 0 bridgehead atoms. The van der Waals surface area contributed by atoms with Gasteiger partial charge in [-0.15, -0.1) is 0 Å². The molecule has 0 aliphatic heterocycles. The monoisotopic (exact) mass is 1040 g/mol. The number of aromatic nitrogens is 4. The molecule has 0 atom stereocenters. The fourth-order valence-electron chi connectivity index (χ4n) is 12.9. The number of fused-ring (bicyclic) bond motifs is 3. The molecule has 4 nitrogen and oxygen atoms in total. The van der Waals surface area contributed by atoms with Crippen molar-refractivity contribution in [3.8, 4) is 73.2 Å². The van der Waals surface area contributed by atoms with Crippen LogP contribution >= 0.6 is 0 Å². The summed E-state index contributed by atoms with van der Waals surface area (Å²) >= 11 is 0. The average molecular weight is 1050 g/mol. The Bertz CT molecular complexity index is 4140. The highest BCUT2D eigenvalue weighted by Crippen LogP contribution is 2.43. The highest BCUT2D eigenvalue weighted by molar-refractivity contribution is 7.19. The van der Waals surface area contributed by atoms with Crippen LogP contribution in [0.15, 0.2) is 255 Å². The van der Waals surface area contributed by atoms with Crippen LogP contribution < -0.4 is 20.7 Å². The maximum Gasteiger partial charge on any atom is 0.179 e. The first kappa shape index (κ1) is 50.0. The molecule has 2 aromatic heterocycles. The van der Waals surface area contributed by atoms with E-state index in [0.29, 0.717) is 17.5 Å². The molecule has 5 heteroatoms. The Morgan fingerprint density at radius 1 is 0.287 bits per heavy atom. The van der Waals surface area contributed by atoms with Crippen LogP contribution in [0.25, 0.3) is 95.0 Å². The summed E-state index contributed by atoms with van der Waals surface area (Å²) in [5, 5.41) is 7.65. The number of nitrogens with zero attached hydrogens (tertiary/aromatic N) is 4. The molecule has 0 fully saturated rings. The van der Waals surface area contributed by atoms with Gasteiger partial charge in [0.2, 0.25) is 0 Å². The summed E-state index contributed by atoms with van der Waals surface area (Å²) < 4.78 is 2.54. The lowest BCUT2D eigenvalue weighted by atomic mass is 9.92. The van der Waals surface area contributed by atoms with Crippen LogP contribution in [0.2, 0.25) is 0 Å². The topological polar surface area (TPSA) is 43.6 Å². The van der Waals surface area contributed by atoms with E-state index in [0.717, 1.165) is 44.5 Å². The minimum atomic E-state index is -2.93. The van der Waals surface area contributed by atoms with Crippen molar-refractivity contribution in [2.24, 2.45) is 0 Å². The van der Waals surface area contributed by atoms with Crippen molar-refractivity contribution in [2.75, 3.05) is 0 Å². The van der Waals surface area contributed by atoms with E-state index in [1.807, 2.05) is 36.4 Å². The summed E-state index contributed by atoms with van der Waals surface area (Å²) in [5.74, 6) is 1.84. The molecular formula is C75H60N4Si. The number of hydrogen-bond donors (Lipinski definition) is 0. The molecule has 0 spiro atoms. The predicted octanol–water partition coefficient (Wildman–Crippen LogP) is 16.2. The van der Waals surface area contributed by atoms with Crippen molar-refractivity contribution >= 4 is 50.6 Å². The molecule has 11 aromatic carbocycles. The van der Waals surface area contributed by atoms with Crippen LogP contribution in [0.3, 0.4) is 0 Å². The first-order valence-corrected chi connectivity index (χ1v) is 29.7. The highest BCUT2D eigenvalue weighted by Gasteiger charge is 2.41. The lowest BCUT2D eigenvalue weighted by molar-refractivity contribution is 1.07. The second-order valence-corrected chi connectivity index (χ2v) is 25.4. The Morgan fingerprint density at radius 2 is 0.650 bits per heavy atom. The average Bonchev–Trinajstić information content (AvgIpc) is 3.87. The molecule has 0 N–H and O–H groups in total. The summed E-state index contributed by atoms with van der Waals surface area (Å²) in [6, 6.07) is 93.8. The molecular weight excluding hydrogens is 985 g/mol. The first-order chi connectivity index (χ1) is 39.1. The molecule has 80 heavy (non-hydrogen) atoms. The van der Waals surface area contributed by atoms with Gasteiger partial charge in [-0.2, -0.15) is 0 Å². The molecule has 0 unspecified atom stereocenters. The fourth-order valence-corrected chi connectivity index (χ4v) is 17.7. The van der Waals surface area contributed by atoms with Crippen LogP contribution in [0.5, 0.6) is 0 Å². The highest BCUT2D eigenvalue weighted by atomic mass is 28.3. The second kappa shape index (κ2) is 20.7. The lowest BCUT2D eigenvalue weighted by Gasteiger charge is -2.34. The van der Waals surface area contributed by atoms with Gasteiger partial charge in [-0.3, -0.25) is 0 Å². The van der Waals surface area contributed by atoms with Gasteiger partial charge in [-0.05, 0) is 131 Å². The van der Waals surface area contributed by atoms with Crippen molar-refractivity contribution in [1.82, 2.24) is 19.5 Å². The third-order valence-corrected chi connectivity index (χ3v) is 20.9. The second-order valence-electron chi connectivity index (χ2n) is 21.5.